The maximum absolute atomic E-state index is 10.9. The molecule has 2 N–H and O–H groups in total. The molecule has 1 fully saturated rings. The molecule has 1 aromatic rings. The minimum Gasteiger partial charge on any atom is -0.325 e. The molecule has 1 aliphatic rings. The largest absolute Gasteiger partial charge is 0.325 e. The lowest BCUT2D eigenvalue weighted by molar-refractivity contribution is 0.374. The Bertz CT molecular complexity index is 301. The highest BCUT2D eigenvalue weighted by atomic mass is 16.1. The van der Waals surface area contributed by atoms with Gasteiger partial charge in [0.2, 0.25) is 5.56 Å². The van der Waals surface area contributed by atoms with Gasteiger partial charge in [0.05, 0.1) is 0 Å². The second-order valence-corrected chi connectivity index (χ2v) is 2.77. The molecule has 0 aliphatic carbocycles. The van der Waals surface area contributed by atoms with Crippen LogP contribution in [0.4, 0.5) is 0 Å². The number of rotatable bonds is 1. The molecule has 0 saturated carbocycles. The maximum Gasteiger partial charge on any atom is 0.248 e. The zero-order valence-corrected chi connectivity index (χ0v) is 6.13. The average molecular weight is 150 g/mol. The quantitative estimate of drug-likeness (QED) is 0.609. The van der Waals surface area contributed by atoms with Crippen molar-refractivity contribution in [1.82, 2.24) is 10.3 Å². The second kappa shape index (κ2) is 2.51. The van der Waals surface area contributed by atoms with Crippen LogP contribution in [0.3, 0.4) is 0 Å². The molecule has 0 bridgehead atoms. The van der Waals surface area contributed by atoms with Crippen LogP contribution in [0.2, 0.25) is 0 Å². The molecule has 1 aromatic heterocycles. The molecule has 2 heterocycles. The van der Waals surface area contributed by atoms with E-state index in [0.29, 0.717) is 6.04 Å². The zero-order valence-electron chi connectivity index (χ0n) is 6.13. The molecule has 58 valence electrons. The fourth-order valence-electron chi connectivity index (χ4n) is 1.22. The van der Waals surface area contributed by atoms with Crippen molar-refractivity contribution in [2.45, 2.75) is 12.5 Å². The predicted octanol–water partition coefficient (Wildman–Crippen LogP) is 0.409. The molecule has 0 radical (unpaired) electrons. The lowest BCUT2D eigenvalue weighted by atomic mass is 10.0. The molecule has 0 aromatic carbocycles. The maximum atomic E-state index is 10.9. The molecule has 0 amide bonds. The third-order valence-corrected chi connectivity index (χ3v) is 1.99. The third kappa shape index (κ3) is 1.19. The number of pyridine rings is 1. The zero-order chi connectivity index (χ0) is 7.68. The van der Waals surface area contributed by atoms with Crippen molar-refractivity contribution in [2.75, 3.05) is 6.54 Å². The Kier molecular flexibility index (Phi) is 1.51. The highest BCUT2D eigenvalue weighted by Crippen LogP contribution is 2.18. The standard InChI is InChI=1S/C8H10N2O/c11-8-3-1-2-7(10-8)6-4-5-9-6/h1-3,6,9H,4-5H2,(H,10,11). The van der Waals surface area contributed by atoms with Crippen LogP contribution < -0.4 is 10.9 Å². The van der Waals surface area contributed by atoms with Gasteiger partial charge in [-0.1, -0.05) is 6.07 Å². The van der Waals surface area contributed by atoms with Gasteiger partial charge >= 0.3 is 0 Å². The van der Waals surface area contributed by atoms with Gasteiger partial charge in [0.15, 0.2) is 0 Å². The molecule has 3 nitrogen and oxygen atoms in total. The fraction of sp³-hybridized carbons (Fsp3) is 0.375. The first-order valence-electron chi connectivity index (χ1n) is 3.79. The Balaban J connectivity index is 2.30. The average Bonchev–Trinajstić information content (AvgIpc) is 1.83. The van der Waals surface area contributed by atoms with Crippen molar-refractivity contribution in [3.63, 3.8) is 0 Å². The van der Waals surface area contributed by atoms with Crippen molar-refractivity contribution < 1.29 is 0 Å². The summed E-state index contributed by atoms with van der Waals surface area (Å²) < 4.78 is 0. The number of nitrogens with one attached hydrogen (secondary N) is 2. The molecule has 1 atom stereocenters. The van der Waals surface area contributed by atoms with Crippen molar-refractivity contribution in [1.29, 1.82) is 0 Å². The Hall–Kier alpha value is -1.09. The van der Waals surface area contributed by atoms with E-state index in [-0.39, 0.29) is 5.56 Å². The summed E-state index contributed by atoms with van der Waals surface area (Å²) in [4.78, 5) is 13.6. The van der Waals surface area contributed by atoms with Crippen LogP contribution in [-0.4, -0.2) is 11.5 Å². The number of hydrogen-bond donors (Lipinski definition) is 2. The van der Waals surface area contributed by atoms with Gasteiger partial charge in [0.1, 0.15) is 0 Å². The minimum absolute atomic E-state index is 0.0174. The third-order valence-electron chi connectivity index (χ3n) is 1.99. The Morgan fingerprint density at radius 3 is 2.82 bits per heavy atom. The first kappa shape index (κ1) is 6.61. The first-order valence-corrected chi connectivity index (χ1v) is 3.79. The summed E-state index contributed by atoms with van der Waals surface area (Å²) in [5, 5.41) is 3.22. The van der Waals surface area contributed by atoms with Gasteiger partial charge in [-0.3, -0.25) is 4.79 Å². The summed E-state index contributed by atoms with van der Waals surface area (Å²) in [6.45, 7) is 1.06. The molecule has 3 heteroatoms. The topological polar surface area (TPSA) is 44.9 Å². The van der Waals surface area contributed by atoms with E-state index in [1.165, 1.54) is 6.07 Å². The predicted molar refractivity (Wildman–Crippen MR) is 42.4 cm³/mol. The van der Waals surface area contributed by atoms with E-state index in [9.17, 15) is 4.79 Å². The molecular formula is C8H10N2O. The van der Waals surface area contributed by atoms with Gasteiger partial charge in [0.25, 0.3) is 0 Å². The van der Waals surface area contributed by atoms with Gasteiger partial charge < -0.3 is 10.3 Å². The normalized spacial score (nSPS) is 22.7. The van der Waals surface area contributed by atoms with Gasteiger partial charge in [-0.25, -0.2) is 0 Å². The molecule has 11 heavy (non-hydrogen) atoms. The van der Waals surface area contributed by atoms with Gasteiger partial charge in [-0.15, -0.1) is 0 Å². The highest BCUT2D eigenvalue weighted by Gasteiger charge is 2.18. The highest BCUT2D eigenvalue weighted by molar-refractivity contribution is 5.11. The Morgan fingerprint density at radius 1 is 1.45 bits per heavy atom. The van der Waals surface area contributed by atoms with Crippen LogP contribution in [0.15, 0.2) is 23.0 Å². The number of aromatic nitrogens is 1. The summed E-state index contributed by atoms with van der Waals surface area (Å²) >= 11 is 0. The first-order chi connectivity index (χ1) is 5.36. The van der Waals surface area contributed by atoms with Crippen LogP contribution in [0, 0.1) is 0 Å². The number of aromatic amines is 1. The van der Waals surface area contributed by atoms with Crippen molar-refractivity contribution >= 4 is 0 Å². The van der Waals surface area contributed by atoms with Crippen LogP contribution in [0.25, 0.3) is 0 Å². The Morgan fingerprint density at radius 2 is 2.27 bits per heavy atom. The smallest absolute Gasteiger partial charge is 0.248 e. The van der Waals surface area contributed by atoms with Crippen molar-refractivity contribution in [3.05, 3.63) is 34.2 Å². The molecule has 0 spiro atoms. The minimum atomic E-state index is -0.0174. The lowest BCUT2D eigenvalue weighted by Crippen LogP contribution is -2.36. The summed E-state index contributed by atoms with van der Waals surface area (Å²) in [7, 11) is 0. The Labute approximate surface area is 64.5 Å². The van der Waals surface area contributed by atoms with Gasteiger partial charge in [0, 0.05) is 17.8 Å². The summed E-state index contributed by atoms with van der Waals surface area (Å²) in [6, 6.07) is 5.64. The van der Waals surface area contributed by atoms with E-state index >= 15 is 0 Å². The molecular weight excluding hydrogens is 140 g/mol. The van der Waals surface area contributed by atoms with E-state index in [4.69, 9.17) is 0 Å². The fourth-order valence-corrected chi connectivity index (χ4v) is 1.22. The van der Waals surface area contributed by atoms with E-state index in [1.54, 1.807) is 6.07 Å². The summed E-state index contributed by atoms with van der Waals surface area (Å²) in [5.74, 6) is 0. The molecule has 1 saturated heterocycles. The number of hydrogen-bond acceptors (Lipinski definition) is 2. The van der Waals surface area contributed by atoms with E-state index < -0.39 is 0 Å². The van der Waals surface area contributed by atoms with E-state index in [1.807, 2.05) is 6.07 Å². The van der Waals surface area contributed by atoms with Gasteiger partial charge in [-0.2, -0.15) is 0 Å². The second-order valence-electron chi connectivity index (χ2n) is 2.77. The molecule has 2 rings (SSSR count). The molecule has 1 unspecified atom stereocenters. The van der Waals surface area contributed by atoms with E-state index in [0.717, 1.165) is 18.7 Å². The van der Waals surface area contributed by atoms with E-state index in [2.05, 4.69) is 10.3 Å². The number of H-pyrrole nitrogens is 1. The monoisotopic (exact) mass is 150 g/mol. The van der Waals surface area contributed by atoms with Crippen molar-refractivity contribution in [3.8, 4) is 0 Å². The van der Waals surface area contributed by atoms with Crippen LogP contribution in [0.5, 0.6) is 0 Å². The SMILES string of the molecule is O=c1cccc(C2CCN2)[nH]1. The van der Waals surface area contributed by atoms with Crippen molar-refractivity contribution in [2.24, 2.45) is 0 Å². The lowest BCUT2D eigenvalue weighted by Gasteiger charge is -2.27. The molecule has 1 aliphatic heterocycles. The van der Waals surface area contributed by atoms with Crippen LogP contribution in [-0.2, 0) is 0 Å². The van der Waals surface area contributed by atoms with Crippen LogP contribution in [0.1, 0.15) is 18.2 Å². The summed E-state index contributed by atoms with van der Waals surface area (Å²) in [6.07, 6.45) is 1.12. The van der Waals surface area contributed by atoms with Crippen LogP contribution >= 0.6 is 0 Å². The summed E-state index contributed by atoms with van der Waals surface area (Å²) in [5.41, 5.74) is 0.986. The van der Waals surface area contributed by atoms with Gasteiger partial charge in [-0.05, 0) is 19.0 Å².